The van der Waals surface area contributed by atoms with Crippen LogP contribution in [0, 0.1) is 0 Å². The summed E-state index contributed by atoms with van der Waals surface area (Å²) in [5.41, 5.74) is 0.264. The van der Waals surface area contributed by atoms with Crippen LogP contribution in [0.25, 0.3) is 0 Å². The number of hydrogen-bond donors (Lipinski definition) is 0. The highest BCUT2D eigenvalue weighted by atomic mass is 16.5. The molecule has 2 heterocycles. The Labute approximate surface area is 124 Å². The minimum atomic E-state index is -0.0610. The standard InChI is InChI=1S/C14H22N4O3/c1-17-5-6-18(2)10(9-17)7-11(19)13-14(21-4)16-12(20-3)8-15-13/h8,10H,5-7,9H2,1-4H3. The maximum atomic E-state index is 12.5. The van der Waals surface area contributed by atoms with E-state index in [-0.39, 0.29) is 23.4 Å². The van der Waals surface area contributed by atoms with Crippen molar-refractivity contribution in [3.63, 3.8) is 0 Å². The molecule has 1 unspecified atom stereocenters. The number of likely N-dealkylation sites (N-methyl/N-ethyl adjacent to an activating group) is 2. The molecule has 2 rings (SSSR count). The molecule has 0 radical (unpaired) electrons. The predicted molar refractivity (Wildman–Crippen MR) is 78.0 cm³/mol. The van der Waals surface area contributed by atoms with Crippen LogP contribution in [0.1, 0.15) is 16.9 Å². The lowest BCUT2D eigenvalue weighted by atomic mass is 10.0. The molecule has 0 aromatic carbocycles. The van der Waals surface area contributed by atoms with E-state index in [9.17, 15) is 4.79 Å². The first-order valence-corrected chi connectivity index (χ1v) is 6.92. The summed E-state index contributed by atoms with van der Waals surface area (Å²) in [6, 6.07) is 0.185. The molecule has 1 aromatic rings. The van der Waals surface area contributed by atoms with Gasteiger partial charge in [0, 0.05) is 32.1 Å². The second-order valence-corrected chi connectivity index (χ2v) is 5.29. The third kappa shape index (κ3) is 3.68. The van der Waals surface area contributed by atoms with Gasteiger partial charge in [0.05, 0.1) is 20.4 Å². The zero-order valence-corrected chi connectivity index (χ0v) is 13.0. The van der Waals surface area contributed by atoms with Crippen molar-refractivity contribution >= 4 is 5.78 Å². The molecule has 1 aromatic heterocycles. The van der Waals surface area contributed by atoms with E-state index in [0.29, 0.717) is 12.3 Å². The fourth-order valence-corrected chi connectivity index (χ4v) is 2.42. The van der Waals surface area contributed by atoms with Crippen LogP contribution >= 0.6 is 0 Å². The number of aromatic nitrogens is 2. The molecular formula is C14H22N4O3. The highest BCUT2D eigenvalue weighted by Crippen LogP contribution is 2.20. The summed E-state index contributed by atoms with van der Waals surface area (Å²) >= 11 is 0. The molecule has 0 amide bonds. The molecule has 0 N–H and O–H groups in total. The molecule has 7 nitrogen and oxygen atoms in total. The zero-order valence-electron chi connectivity index (χ0n) is 13.0. The third-order valence-electron chi connectivity index (χ3n) is 3.79. The van der Waals surface area contributed by atoms with E-state index >= 15 is 0 Å². The summed E-state index contributed by atoms with van der Waals surface area (Å²) in [6.07, 6.45) is 1.84. The van der Waals surface area contributed by atoms with Gasteiger partial charge in [0.15, 0.2) is 11.5 Å². The van der Waals surface area contributed by atoms with Gasteiger partial charge in [-0.15, -0.1) is 0 Å². The number of carbonyl (C=O) groups excluding carboxylic acids is 1. The number of hydrogen-bond acceptors (Lipinski definition) is 7. The molecule has 21 heavy (non-hydrogen) atoms. The van der Waals surface area contributed by atoms with Crippen molar-refractivity contribution in [2.45, 2.75) is 12.5 Å². The molecule has 1 atom stereocenters. The number of ether oxygens (including phenoxy) is 2. The van der Waals surface area contributed by atoms with Gasteiger partial charge in [-0.2, -0.15) is 4.98 Å². The zero-order chi connectivity index (χ0) is 15.4. The van der Waals surface area contributed by atoms with Crippen LogP contribution in [0.3, 0.4) is 0 Å². The van der Waals surface area contributed by atoms with Gasteiger partial charge in [0.25, 0.3) is 0 Å². The minimum Gasteiger partial charge on any atom is -0.480 e. The molecule has 0 spiro atoms. The fourth-order valence-electron chi connectivity index (χ4n) is 2.42. The van der Waals surface area contributed by atoms with E-state index < -0.39 is 0 Å². The summed E-state index contributed by atoms with van der Waals surface area (Å²) in [5.74, 6) is 0.484. The molecule has 0 bridgehead atoms. The summed E-state index contributed by atoms with van der Waals surface area (Å²) in [5, 5.41) is 0. The largest absolute Gasteiger partial charge is 0.480 e. The van der Waals surface area contributed by atoms with Crippen molar-refractivity contribution in [2.24, 2.45) is 0 Å². The van der Waals surface area contributed by atoms with Gasteiger partial charge in [0.2, 0.25) is 11.8 Å². The Morgan fingerprint density at radius 3 is 2.76 bits per heavy atom. The average molecular weight is 294 g/mol. The van der Waals surface area contributed by atoms with Gasteiger partial charge in [-0.25, -0.2) is 4.98 Å². The van der Waals surface area contributed by atoms with E-state index in [1.54, 1.807) is 0 Å². The molecule has 116 valence electrons. The van der Waals surface area contributed by atoms with Crippen LogP contribution in [-0.2, 0) is 0 Å². The summed E-state index contributed by atoms with van der Waals surface area (Å²) in [4.78, 5) is 25.2. The van der Waals surface area contributed by atoms with Crippen molar-refractivity contribution in [2.75, 3.05) is 47.9 Å². The van der Waals surface area contributed by atoms with Crippen LogP contribution in [0.4, 0.5) is 0 Å². The van der Waals surface area contributed by atoms with Gasteiger partial charge in [-0.1, -0.05) is 0 Å². The van der Waals surface area contributed by atoms with E-state index in [1.165, 1.54) is 20.4 Å². The van der Waals surface area contributed by atoms with Crippen LogP contribution in [0.2, 0.25) is 0 Å². The number of methoxy groups -OCH3 is 2. The first-order chi connectivity index (χ1) is 10.0. The van der Waals surface area contributed by atoms with Crippen molar-refractivity contribution < 1.29 is 14.3 Å². The van der Waals surface area contributed by atoms with Crippen molar-refractivity contribution in [1.29, 1.82) is 0 Å². The highest BCUT2D eigenvalue weighted by Gasteiger charge is 2.27. The Bertz CT molecular complexity index is 509. The maximum absolute atomic E-state index is 12.5. The highest BCUT2D eigenvalue weighted by molar-refractivity contribution is 5.96. The normalized spacial score (nSPS) is 20.3. The van der Waals surface area contributed by atoms with Crippen LogP contribution < -0.4 is 9.47 Å². The van der Waals surface area contributed by atoms with Crippen molar-refractivity contribution in [3.05, 3.63) is 11.9 Å². The average Bonchev–Trinajstić information content (AvgIpc) is 2.50. The molecule has 7 heteroatoms. The van der Waals surface area contributed by atoms with Crippen LogP contribution in [-0.4, -0.2) is 79.5 Å². The number of Topliss-reactive ketones (excluding diaryl/α,β-unsaturated/α-hetero) is 1. The molecule has 1 saturated heterocycles. The number of nitrogens with zero attached hydrogens (tertiary/aromatic N) is 4. The monoisotopic (exact) mass is 294 g/mol. The first kappa shape index (κ1) is 15.7. The van der Waals surface area contributed by atoms with Gasteiger partial charge in [-0.3, -0.25) is 4.79 Å². The SMILES string of the molecule is COc1cnc(C(=O)CC2CN(C)CCN2C)c(OC)n1. The Morgan fingerprint density at radius 2 is 2.10 bits per heavy atom. The van der Waals surface area contributed by atoms with E-state index in [0.717, 1.165) is 19.6 Å². The first-order valence-electron chi connectivity index (χ1n) is 6.92. The van der Waals surface area contributed by atoms with Gasteiger partial charge in [-0.05, 0) is 14.1 Å². The van der Waals surface area contributed by atoms with E-state index in [1.807, 2.05) is 7.05 Å². The predicted octanol–water partition coefficient (Wildman–Crippen LogP) is 0.312. The Hall–Kier alpha value is -1.73. The maximum Gasteiger partial charge on any atom is 0.246 e. The Balaban J connectivity index is 2.12. The van der Waals surface area contributed by atoms with Crippen LogP contribution in [0.5, 0.6) is 11.8 Å². The van der Waals surface area contributed by atoms with Crippen LogP contribution in [0.15, 0.2) is 6.20 Å². The van der Waals surface area contributed by atoms with Gasteiger partial charge < -0.3 is 19.3 Å². The van der Waals surface area contributed by atoms with Crippen molar-refractivity contribution in [3.8, 4) is 11.8 Å². The molecule has 0 saturated carbocycles. The van der Waals surface area contributed by atoms with E-state index in [2.05, 4.69) is 26.8 Å². The fraction of sp³-hybridized carbons (Fsp3) is 0.643. The second kappa shape index (κ2) is 6.82. The summed E-state index contributed by atoms with van der Waals surface area (Å²) in [7, 11) is 7.08. The number of ketones is 1. The molecule has 1 aliphatic rings. The third-order valence-corrected chi connectivity index (χ3v) is 3.79. The number of rotatable bonds is 5. The molecular weight excluding hydrogens is 272 g/mol. The lowest BCUT2D eigenvalue weighted by Crippen LogP contribution is -2.50. The summed E-state index contributed by atoms with van der Waals surface area (Å²) in [6.45, 7) is 2.85. The second-order valence-electron chi connectivity index (χ2n) is 5.29. The topological polar surface area (TPSA) is 67.8 Å². The van der Waals surface area contributed by atoms with Gasteiger partial charge >= 0.3 is 0 Å². The Kier molecular flexibility index (Phi) is 5.08. The smallest absolute Gasteiger partial charge is 0.246 e. The summed E-state index contributed by atoms with van der Waals surface area (Å²) < 4.78 is 10.1. The lowest BCUT2D eigenvalue weighted by molar-refractivity contribution is 0.0802. The quantitative estimate of drug-likeness (QED) is 0.724. The van der Waals surface area contributed by atoms with Gasteiger partial charge in [0.1, 0.15) is 0 Å². The van der Waals surface area contributed by atoms with Crippen molar-refractivity contribution in [1.82, 2.24) is 19.8 Å². The minimum absolute atomic E-state index is 0.0610. The molecule has 1 fully saturated rings. The van der Waals surface area contributed by atoms with E-state index in [4.69, 9.17) is 9.47 Å². The lowest BCUT2D eigenvalue weighted by Gasteiger charge is -2.37. The Morgan fingerprint density at radius 1 is 1.33 bits per heavy atom. The number of piperazine rings is 1. The molecule has 1 aliphatic heterocycles. The number of carbonyl (C=O) groups is 1. The molecule has 0 aliphatic carbocycles.